The maximum absolute atomic E-state index is 5.51. The van der Waals surface area contributed by atoms with Gasteiger partial charge >= 0.3 is 0 Å². The molecule has 3 heterocycles. The molecule has 0 saturated carbocycles. The molecule has 1 aromatic rings. The highest BCUT2D eigenvalue weighted by Gasteiger charge is 2.19. The third kappa shape index (κ3) is 3.51. The van der Waals surface area contributed by atoms with E-state index in [4.69, 9.17) is 10.6 Å². The summed E-state index contributed by atoms with van der Waals surface area (Å²) in [5, 5.41) is 0. The molecule has 21 heavy (non-hydrogen) atoms. The van der Waals surface area contributed by atoms with Crippen LogP contribution in [0.25, 0.3) is 0 Å². The van der Waals surface area contributed by atoms with Gasteiger partial charge in [0, 0.05) is 32.8 Å². The Bertz CT molecular complexity index is 456. The Labute approximate surface area is 124 Å². The highest BCUT2D eigenvalue weighted by molar-refractivity contribution is 5.45. The molecule has 3 rings (SSSR count). The second kappa shape index (κ2) is 6.86. The molecule has 8 heteroatoms. The van der Waals surface area contributed by atoms with E-state index >= 15 is 0 Å². The normalized spacial score (nSPS) is 20.2. The molecular formula is C13H23N7O. The van der Waals surface area contributed by atoms with Crippen LogP contribution in [0.5, 0.6) is 0 Å². The van der Waals surface area contributed by atoms with Crippen molar-refractivity contribution < 1.29 is 4.74 Å². The first-order valence-electron chi connectivity index (χ1n) is 7.67. The van der Waals surface area contributed by atoms with Crippen LogP contribution in [0.1, 0.15) is 25.7 Å². The predicted molar refractivity (Wildman–Crippen MR) is 81.4 cm³/mol. The third-order valence-electron chi connectivity index (χ3n) is 3.88. The highest BCUT2D eigenvalue weighted by atomic mass is 16.5. The summed E-state index contributed by atoms with van der Waals surface area (Å²) in [4.78, 5) is 17.8. The number of anilines is 3. The number of nitrogens with two attached hydrogens (primary N) is 1. The second-order valence-electron chi connectivity index (χ2n) is 5.40. The largest absolute Gasteiger partial charge is 0.380 e. The Kier molecular flexibility index (Phi) is 4.66. The molecule has 0 unspecified atom stereocenters. The fourth-order valence-corrected chi connectivity index (χ4v) is 2.74. The Morgan fingerprint density at radius 2 is 1.48 bits per heavy atom. The molecule has 0 atom stereocenters. The molecule has 0 spiro atoms. The number of nitrogens with zero attached hydrogens (tertiary/aromatic N) is 5. The van der Waals surface area contributed by atoms with E-state index in [-0.39, 0.29) is 0 Å². The van der Waals surface area contributed by atoms with E-state index in [0.717, 1.165) is 45.2 Å². The minimum absolute atomic E-state index is 0.422. The van der Waals surface area contributed by atoms with Gasteiger partial charge in [-0.3, -0.25) is 5.43 Å². The SMILES string of the molecule is NNc1nc(N2CCCCC2)nc(N2CCCOCC2)n1. The molecule has 0 amide bonds. The summed E-state index contributed by atoms with van der Waals surface area (Å²) < 4.78 is 5.49. The average Bonchev–Trinajstić information content (AvgIpc) is 2.84. The number of nitrogen functional groups attached to an aromatic ring is 1. The molecule has 116 valence electrons. The van der Waals surface area contributed by atoms with Crippen LogP contribution in [-0.4, -0.2) is 54.3 Å². The lowest BCUT2D eigenvalue weighted by Gasteiger charge is -2.28. The zero-order chi connectivity index (χ0) is 14.5. The molecule has 1 aromatic heterocycles. The summed E-state index contributed by atoms with van der Waals surface area (Å²) in [7, 11) is 0. The Hall–Kier alpha value is -1.67. The van der Waals surface area contributed by atoms with Gasteiger partial charge in [0.15, 0.2) is 0 Å². The van der Waals surface area contributed by atoms with Crippen molar-refractivity contribution >= 4 is 17.8 Å². The molecule has 2 saturated heterocycles. The molecule has 3 N–H and O–H groups in total. The smallest absolute Gasteiger partial charge is 0.243 e. The standard InChI is InChI=1S/C13H23N7O/c14-18-11-15-12(19-5-2-1-3-6-19)17-13(16-11)20-7-4-9-21-10-8-20/h1-10,14H2,(H,15,16,17,18). The molecule has 2 aliphatic rings. The van der Waals surface area contributed by atoms with Crippen molar-refractivity contribution in [1.82, 2.24) is 15.0 Å². The van der Waals surface area contributed by atoms with Crippen LogP contribution in [-0.2, 0) is 4.74 Å². The van der Waals surface area contributed by atoms with Crippen molar-refractivity contribution in [1.29, 1.82) is 0 Å². The summed E-state index contributed by atoms with van der Waals surface area (Å²) in [5.41, 5.74) is 2.55. The van der Waals surface area contributed by atoms with Crippen LogP contribution in [0.4, 0.5) is 17.8 Å². The number of piperidine rings is 1. The highest BCUT2D eigenvalue weighted by Crippen LogP contribution is 2.20. The quantitative estimate of drug-likeness (QED) is 0.610. The molecule has 0 aliphatic carbocycles. The van der Waals surface area contributed by atoms with Crippen LogP contribution in [0, 0.1) is 0 Å². The Morgan fingerprint density at radius 3 is 2.19 bits per heavy atom. The maximum atomic E-state index is 5.51. The number of aromatic nitrogens is 3. The zero-order valence-electron chi connectivity index (χ0n) is 12.3. The van der Waals surface area contributed by atoms with Gasteiger partial charge in [-0.1, -0.05) is 0 Å². The summed E-state index contributed by atoms with van der Waals surface area (Å²) in [6.07, 6.45) is 4.63. The second-order valence-corrected chi connectivity index (χ2v) is 5.40. The van der Waals surface area contributed by atoms with Gasteiger partial charge in [-0.2, -0.15) is 15.0 Å². The van der Waals surface area contributed by atoms with E-state index < -0.39 is 0 Å². The summed E-state index contributed by atoms with van der Waals surface area (Å²) in [6.45, 7) is 5.19. The van der Waals surface area contributed by atoms with Gasteiger partial charge in [-0.05, 0) is 25.7 Å². The van der Waals surface area contributed by atoms with Crippen molar-refractivity contribution in [3.8, 4) is 0 Å². The predicted octanol–water partition coefficient (Wildman–Crippen LogP) is 0.374. The minimum atomic E-state index is 0.422. The summed E-state index contributed by atoms with van der Waals surface area (Å²) >= 11 is 0. The number of hydrazine groups is 1. The fraction of sp³-hybridized carbons (Fsp3) is 0.769. The van der Waals surface area contributed by atoms with Crippen LogP contribution in [0.3, 0.4) is 0 Å². The molecule has 0 radical (unpaired) electrons. The topological polar surface area (TPSA) is 92.4 Å². The van der Waals surface area contributed by atoms with Gasteiger partial charge in [-0.15, -0.1) is 0 Å². The number of hydrogen-bond acceptors (Lipinski definition) is 8. The lowest BCUT2D eigenvalue weighted by Crippen LogP contribution is -2.33. The minimum Gasteiger partial charge on any atom is -0.380 e. The lowest BCUT2D eigenvalue weighted by atomic mass is 10.1. The van der Waals surface area contributed by atoms with E-state index in [0.29, 0.717) is 18.5 Å². The van der Waals surface area contributed by atoms with Crippen molar-refractivity contribution in [2.75, 3.05) is 54.6 Å². The third-order valence-corrected chi connectivity index (χ3v) is 3.88. The van der Waals surface area contributed by atoms with E-state index in [1.54, 1.807) is 0 Å². The first-order chi connectivity index (χ1) is 10.4. The Balaban J connectivity index is 1.84. The van der Waals surface area contributed by atoms with E-state index in [1.807, 2.05) is 0 Å². The van der Waals surface area contributed by atoms with Crippen molar-refractivity contribution in [3.05, 3.63) is 0 Å². The van der Waals surface area contributed by atoms with Crippen LogP contribution >= 0.6 is 0 Å². The van der Waals surface area contributed by atoms with E-state index in [9.17, 15) is 0 Å². The van der Waals surface area contributed by atoms with Crippen molar-refractivity contribution in [3.63, 3.8) is 0 Å². The number of hydrogen-bond donors (Lipinski definition) is 2. The molecular weight excluding hydrogens is 270 g/mol. The zero-order valence-corrected chi connectivity index (χ0v) is 12.3. The van der Waals surface area contributed by atoms with Crippen molar-refractivity contribution in [2.45, 2.75) is 25.7 Å². The lowest BCUT2D eigenvalue weighted by molar-refractivity contribution is 0.152. The van der Waals surface area contributed by atoms with Gasteiger partial charge in [0.1, 0.15) is 0 Å². The van der Waals surface area contributed by atoms with Gasteiger partial charge in [0.25, 0.3) is 0 Å². The monoisotopic (exact) mass is 293 g/mol. The first-order valence-corrected chi connectivity index (χ1v) is 7.67. The Morgan fingerprint density at radius 1 is 0.810 bits per heavy atom. The number of rotatable bonds is 3. The first kappa shape index (κ1) is 14.3. The number of ether oxygens (including phenoxy) is 1. The molecule has 2 fully saturated rings. The summed E-state index contributed by atoms with van der Waals surface area (Å²) in [5.74, 6) is 7.34. The van der Waals surface area contributed by atoms with Crippen molar-refractivity contribution in [2.24, 2.45) is 5.84 Å². The molecule has 0 bridgehead atoms. The maximum Gasteiger partial charge on any atom is 0.243 e. The van der Waals surface area contributed by atoms with Gasteiger partial charge < -0.3 is 14.5 Å². The van der Waals surface area contributed by atoms with Crippen LogP contribution in [0.2, 0.25) is 0 Å². The van der Waals surface area contributed by atoms with Crippen LogP contribution < -0.4 is 21.1 Å². The van der Waals surface area contributed by atoms with E-state index in [2.05, 4.69) is 30.2 Å². The average molecular weight is 293 g/mol. The molecule has 0 aromatic carbocycles. The molecule has 2 aliphatic heterocycles. The fourth-order valence-electron chi connectivity index (χ4n) is 2.74. The number of nitrogens with one attached hydrogen (secondary N) is 1. The van der Waals surface area contributed by atoms with Gasteiger partial charge in [0.05, 0.1) is 6.61 Å². The van der Waals surface area contributed by atoms with Crippen LogP contribution in [0.15, 0.2) is 0 Å². The molecule has 8 nitrogen and oxygen atoms in total. The van der Waals surface area contributed by atoms with Gasteiger partial charge in [-0.25, -0.2) is 5.84 Å². The van der Waals surface area contributed by atoms with Gasteiger partial charge in [0.2, 0.25) is 17.8 Å². The summed E-state index contributed by atoms with van der Waals surface area (Å²) in [6, 6.07) is 0. The van der Waals surface area contributed by atoms with E-state index in [1.165, 1.54) is 19.3 Å².